The highest BCUT2D eigenvalue weighted by atomic mass is 19.3. The maximum absolute atomic E-state index is 13.5. The lowest BCUT2D eigenvalue weighted by Crippen LogP contribution is -2.07. The van der Waals surface area contributed by atoms with Gasteiger partial charge in [-0.05, 0) is 30.3 Å². The van der Waals surface area contributed by atoms with E-state index in [1.54, 1.807) is 12.1 Å². The molecule has 0 aliphatic rings. The first kappa shape index (κ1) is 17.7. The van der Waals surface area contributed by atoms with E-state index in [1.807, 2.05) is 0 Å². The van der Waals surface area contributed by atoms with Gasteiger partial charge in [0.2, 0.25) is 5.88 Å². The number of aromatic nitrogens is 2. The van der Waals surface area contributed by atoms with Gasteiger partial charge in [-0.1, -0.05) is 0 Å². The highest BCUT2D eigenvalue weighted by molar-refractivity contribution is 5.74. The van der Waals surface area contributed by atoms with Crippen molar-refractivity contribution in [2.75, 3.05) is 7.11 Å². The van der Waals surface area contributed by atoms with E-state index in [9.17, 15) is 13.2 Å². The van der Waals surface area contributed by atoms with Crippen LogP contribution in [-0.2, 0) is 5.92 Å². The Hall–Kier alpha value is -3.09. The molecular weight excluding hydrogens is 345 g/mol. The molecule has 1 aromatic carbocycles. The summed E-state index contributed by atoms with van der Waals surface area (Å²) in [6.07, 6.45) is 3.89. The van der Waals surface area contributed by atoms with E-state index in [1.165, 1.54) is 43.8 Å². The van der Waals surface area contributed by atoms with Crippen LogP contribution in [0, 0.1) is 5.82 Å². The number of benzene rings is 1. The molecule has 0 saturated carbocycles. The van der Waals surface area contributed by atoms with E-state index in [4.69, 9.17) is 9.47 Å². The van der Waals surface area contributed by atoms with Gasteiger partial charge in [-0.2, -0.15) is 0 Å². The van der Waals surface area contributed by atoms with Crippen LogP contribution in [0.2, 0.25) is 0 Å². The van der Waals surface area contributed by atoms with Gasteiger partial charge in [0.05, 0.1) is 13.3 Å². The van der Waals surface area contributed by atoms with Gasteiger partial charge in [-0.15, -0.1) is 0 Å². The zero-order valence-electron chi connectivity index (χ0n) is 14.0. The summed E-state index contributed by atoms with van der Waals surface area (Å²) in [4.78, 5) is 7.94. The standard InChI is InChI=1S/C19H15F3N2O2/c1-19(21,22)12-8-14(11-23-10-12)26-18-16(4-3-7-24-18)15-6-5-13(20)9-17(15)25-2/h3-11H,1-2H3. The van der Waals surface area contributed by atoms with Gasteiger partial charge in [-0.3, -0.25) is 4.98 Å². The molecule has 0 spiro atoms. The molecule has 0 fully saturated rings. The quantitative estimate of drug-likeness (QED) is 0.628. The van der Waals surface area contributed by atoms with Gasteiger partial charge in [-0.25, -0.2) is 18.2 Å². The van der Waals surface area contributed by atoms with Crippen LogP contribution in [0.15, 0.2) is 55.0 Å². The third kappa shape index (κ3) is 3.77. The van der Waals surface area contributed by atoms with E-state index in [-0.39, 0.29) is 17.2 Å². The monoisotopic (exact) mass is 360 g/mol. The van der Waals surface area contributed by atoms with Gasteiger partial charge in [0, 0.05) is 42.1 Å². The van der Waals surface area contributed by atoms with E-state index in [2.05, 4.69) is 9.97 Å². The molecule has 0 saturated heterocycles. The smallest absolute Gasteiger partial charge is 0.272 e. The Morgan fingerprint density at radius 3 is 2.58 bits per heavy atom. The summed E-state index contributed by atoms with van der Waals surface area (Å²) in [6.45, 7) is 0.781. The molecule has 26 heavy (non-hydrogen) atoms. The number of methoxy groups -OCH3 is 1. The van der Waals surface area contributed by atoms with Gasteiger partial charge in [0.1, 0.15) is 17.3 Å². The molecule has 7 heteroatoms. The lowest BCUT2D eigenvalue weighted by Gasteiger charge is -2.14. The maximum Gasteiger partial charge on any atom is 0.272 e. The molecule has 0 N–H and O–H groups in total. The molecule has 3 aromatic rings. The summed E-state index contributed by atoms with van der Waals surface area (Å²) in [5, 5.41) is 0. The first-order chi connectivity index (χ1) is 12.4. The van der Waals surface area contributed by atoms with Gasteiger partial charge in [0.15, 0.2) is 0 Å². The Kier molecular flexibility index (Phi) is 4.79. The molecule has 0 bridgehead atoms. The third-order valence-corrected chi connectivity index (χ3v) is 3.66. The number of halogens is 3. The number of nitrogens with zero attached hydrogens (tertiary/aromatic N) is 2. The normalized spacial score (nSPS) is 11.3. The van der Waals surface area contributed by atoms with Crippen LogP contribution >= 0.6 is 0 Å². The molecule has 4 nitrogen and oxygen atoms in total. The van der Waals surface area contributed by atoms with Crippen LogP contribution in [0.25, 0.3) is 11.1 Å². The first-order valence-corrected chi connectivity index (χ1v) is 7.68. The second kappa shape index (κ2) is 7.03. The molecule has 0 atom stereocenters. The fourth-order valence-electron chi connectivity index (χ4n) is 2.39. The Balaban J connectivity index is 2.02. The minimum Gasteiger partial charge on any atom is -0.496 e. The van der Waals surface area contributed by atoms with Crippen molar-refractivity contribution < 1.29 is 22.6 Å². The summed E-state index contributed by atoms with van der Waals surface area (Å²) < 4.78 is 51.3. The third-order valence-electron chi connectivity index (χ3n) is 3.66. The number of rotatable bonds is 5. The van der Waals surface area contributed by atoms with Crippen LogP contribution in [0.1, 0.15) is 12.5 Å². The first-order valence-electron chi connectivity index (χ1n) is 7.68. The second-order valence-corrected chi connectivity index (χ2v) is 5.60. The van der Waals surface area contributed by atoms with Crippen molar-refractivity contribution in [2.45, 2.75) is 12.8 Å². The van der Waals surface area contributed by atoms with Crippen LogP contribution in [0.3, 0.4) is 0 Å². The van der Waals surface area contributed by atoms with Crippen molar-refractivity contribution in [3.05, 3.63) is 66.4 Å². The predicted molar refractivity (Wildman–Crippen MR) is 90.1 cm³/mol. The Bertz CT molecular complexity index is 927. The van der Waals surface area contributed by atoms with Gasteiger partial charge < -0.3 is 9.47 Å². The predicted octanol–water partition coefficient (Wildman–Crippen LogP) is 5.20. The zero-order chi connectivity index (χ0) is 18.7. The SMILES string of the molecule is COc1cc(F)ccc1-c1cccnc1Oc1cncc(C(C)(F)F)c1. The molecule has 2 aromatic heterocycles. The number of pyridine rings is 2. The van der Waals surface area contributed by atoms with Crippen LogP contribution in [-0.4, -0.2) is 17.1 Å². The van der Waals surface area contributed by atoms with Gasteiger partial charge >= 0.3 is 0 Å². The van der Waals surface area contributed by atoms with E-state index < -0.39 is 11.7 Å². The van der Waals surface area contributed by atoms with E-state index in [0.717, 1.165) is 13.1 Å². The summed E-state index contributed by atoms with van der Waals surface area (Å²) in [6, 6.07) is 8.66. The molecule has 0 aliphatic carbocycles. The summed E-state index contributed by atoms with van der Waals surface area (Å²) >= 11 is 0. The van der Waals surface area contributed by atoms with Crippen LogP contribution in [0.4, 0.5) is 13.2 Å². The number of hydrogen-bond donors (Lipinski definition) is 0. The molecule has 0 amide bonds. The highest BCUT2D eigenvalue weighted by Crippen LogP contribution is 2.37. The molecule has 0 aliphatic heterocycles. The number of ether oxygens (including phenoxy) is 2. The van der Waals surface area contributed by atoms with E-state index in [0.29, 0.717) is 16.9 Å². The Morgan fingerprint density at radius 2 is 1.85 bits per heavy atom. The number of hydrogen-bond acceptors (Lipinski definition) is 4. The molecule has 134 valence electrons. The topological polar surface area (TPSA) is 44.2 Å². The molecule has 0 unspecified atom stereocenters. The fourth-order valence-corrected chi connectivity index (χ4v) is 2.39. The summed E-state index contributed by atoms with van der Waals surface area (Å²) in [5.41, 5.74) is 0.812. The molecule has 2 heterocycles. The van der Waals surface area contributed by atoms with Crippen LogP contribution in [0.5, 0.6) is 17.4 Å². The van der Waals surface area contributed by atoms with Crippen molar-refractivity contribution in [2.24, 2.45) is 0 Å². The van der Waals surface area contributed by atoms with Crippen molar-refractivity contribution in [3.8, 4) is 28.5 Å². The second-order valence-electron chi connectivity index (χ2n) is 5.60. The zero-order valence-corrected chi connectivity index (χ0v) is 14.0. The molecular formula is C19H15F3N2O2. The van der Waals surface area contributed by atoms with Crippen molar-refractivity contribution >= 4 is 0 Å². The Morgan fingerprint density at radius 1 is 1.04 bits per heavy atom. The number of alkyl halides is 2. The largest absolute Gasteiger partial charge is 0.496 e. The van der Waals surface area contributed by atoms with Crippen molar-refractivity contribution in [3.63, 3.8) is 0 Å². The average Bonchev–Trinajstić information content (AvgIpc) is 2.62. The lowest BCUT2D eigenvalue weighted by atomic mass is 10.1. The highest BCUT2D eigenvalue weighted by Gasteiger charge is 2.25. The van der Waals surface area contributed by atoms with E-state index >= 15 is 0 Å². The molecule has 3 rings (SSSR count). The van der Waals surface area contributed by atoms with Crippen molar-refractivity contribution in [1.29, 1.82) is 0 Å². The lowest BCUT2D eigenvalue weighted by molar-refractivity contribution is 0.0169. The summed E-state index contributed by atoms with van der Waals surface area (Å²) in [7, 11) is 1.42. The fraction of sp³-hybridized carbons (Fsp3) is 0.158. The molecule has 0 radical (unpaired) electrons. The summed E-state index contributed by atoms with van der Waals surface area (Å²) in [5.74, 6) is -2.91. The average molecular weight is 360 g/mol. The Labute approximate surface area is 148 Å². The minimum atomic E-state index is -3.04. The van der Waals surface area contributed by atoms with Crippen molar-refractivity contribution in [1.82, 2.24) is 9.97 Å². The maximum atomic E-state index is 13.5. The minimum absolute atomic E-state index is 0.116. The van der Waals surface area contributed by atoms with Crippen LogP contribution < -0.4 is 9.47 Å². The van der Waals surface area contributed by atoms with Gasteiger partial charge in [0.25, 0.3) is 5.92 Å².